The third-order valence-corrected chi connectivity index (χ3v) is 4.23. The number of carbonyl (C=O) groups excluding carboxylic acids is 3. The molecular formula is C21H19FN2O5. The lowest BCUT2D eigenvalue weighted by Crippen LogP contribution is -2.51. The molecule has 1 aliphatic rings. The van der Waals surface area contributed by atoms with E-state index in [0.717, 1.165) is 6.08 Å². The summed E-state index contributed by atoms with van der Waals surface area (Å²) in [6.07, 6.45) is 1.74. The summed E-state index contributed by atoms with van der Waals surface area (Å²) in [4.78, 5) is 37.8. The Morgan fingerprint density at radius 1 is 1.21 bits per heavy atom. The van der Waals surface area contributed by atoms with Crippen molar-refractivity contribution in [3.8, 4) is 5.75 Å². The van der Waals surface area contributed by atoms with Crippen molar-refractivity contribution in [1.29, 1.82) is 0 Å². The second kappa shape index (κ2) is 9.01. The molecule has 8 heteroatoms. The van der Waals surface area contributed by atoms with Gasteiger partial charge in [-0.3, -0.25) is 9.59 Å². The monoisotopic (exact) mass is 398 g/mol. The molecule has 150 valence electrons. The topological polar surface area (TPSA) is 84.9 Å². The molecule has 0 aromatic heterocycles. The number of anilines is 1. The van der Waals surface area contributed by atoms with Gasteiger partial charge >= 0.3 is 5.97 Å². The molecule has 1 atom stereocenters. The predicted octanol–water partition coefficient (Wildman–Crippen LogP) is 1.92. The van der Waals surface area contributed by atoms with E-state index in [1.807, 2.05) is 0 Å². The minimum absolute atomic E-state index is 0.00150. The highest BCUT2D eigenvalue weighted by Crippen LogP contribution is 2.33. The number of rotatable bonds is 5. The number of nitrogens with one attached hydrogen (secondary N) is 1. The molecule has 0 saturated carbocycles. The number of carbonyl (C=O) groups is 3. The van der Waals surface area contributed by atoms with Crippen LogP contribution in [-0.2, 0) is 19.1 Å². The molecule has 1 N–H and O–H groups in total. The van der Waals surface area contributed by atoms with Gasteiger partial charge in [0, 0.05) is 13.1 Å². The Kier molecular flexibility index (Phi) is 6.23. The van der Waals surface area contributed by atoms with E-state index in [9.17, 15) is 18.8 Å². The summed E-state index contributed by atoms with van der Waals surface area (Å²) in [5.41, 5.74) is 1.11. The van der Waals surface area contributed by atoms with Gasteiger partial charge in [-0.05, 0) is 35.9 Å². The standard InChI is InChI=1S/C21H19FN2O5/c1-23-21(27)18-12-24(16-4-2-3-5-17(16)29-18)19(25)13-28-20(26)11-8-14-6-9-15(22)10-7-14/h2-11,18H,12-13H2,1H3,(H,23,27)/b11-8+. The minimum atomic E-state index is -0.868. The first-order valence-electron chi connectivity index (χ1n) is 8.86. The van der Waals surface area contributed by atoms with Crippen LogP contribution >= 0.6 is 0 Å². The molecule has 0 spiro atoms. The number of para-hydroxylation sites is 2. The molecule has 0 saturated heterocycles. The normalized spacial score (nSPS) is 15.4. The van der Waals surface area contributed by atoms with Crippen molar-refractivity contribution in [3.63, 3.8) is 0 Å². The lowest BCUT2D eigenvalue weighted by Gasteiger charge is -2.33. The number of benzene rings is 2. The van der Waals surface area contributed by atoms with Gasteiger partial charge in [0.05, 0.1) is 12.2 Å². The molecule has 7 nitrogen and oxygen atoms in total. The van der Waals surface area contributed by atoms with Gasteiger partial charge in [-0.2, -0.15) is 0 Å². The maximum absolute atomic E-state index is 12.9. The van der Waals surface area contributed by atoms with Crippen molar-refractivity contribution in [2.45, 2.75) is 6.10 Å². The van der Waals surface area contributed by atoms with Crippen molar-refractivity contribution in [1.82, 2.24) is 5.32 Å². The van der Waals surface area contributed by atoms with Crippen LogP contribution in [0, 0.1) is 5.82 Å². The third kappa shape index (κ3) is 4.98. The molecule has 2 aromatic rings. The first kappa shape index (κ1) is 20.1. The number of halogens is 1. The SMILES string of the molecule is CNC(=O)C1CN(C(=O)COC(=O)/C=C/c2ccc(F)cc2)c2ccccc2O1. The molecular weight excluding hydrogens is 379 g/mol. The van der Waals surface area contributed by atoms with Crippen LogP contribution in [0.2, 0.25) is 0 Å². The molecule has 29 heavy (non-hydrogen) atoms. The van der Waals surface area contributed by atoms with E-state index < -0.39 is 24.6 Å². The van der Waals surface area contributed by atoms with Gasteiger partial charge in [0.1, 0.15) is 11.6 Å². The highest BCUT2D eigenvalue weighted by atomic mass is 19.1. The molecule has 1 aliphatic heterocycles. The summed E-state index contributed by atoms with van der Waals surface area (Å²) in [6.45, 7) is -0.500. The van der Waals surface area contributed by atoms with E-state index in [0.29, 0.717) is 17.0 Å². The van der Waals surface area contributed by atoms with E-state index in [1.165, 1.54) is 42.3 Å². The molecule has 0 fully saturated rings. The third-order valence-electron chi connectivity index (χ3n) is 4.23. The van der Waals surface area contributed by atoms with Gasteiger partial charge < -0.3 is 19.7 Å². The van der Waals surface area contributed by atoms with Crippen LogP contribution in [0.4, 0.5) is 10.1 Å². The molecule has 0 aliphatic carbocycles. The zero-order valence-electron chi connectivity index (χ0n) is 15.6. The van der Waals surface area contributed by atoms with Gasteiger partial charge in [-0.15, -0.1) is 0 Å². The minimum Gasteiger partial charge on any atom is -0.477 e. The van der Waals surface area contributed by atoms with Crippen molar-refractivity contribution in [2.75, 3.05) is 25.1 Å². The van der Waals surface area contributed by atoms with Crippen molar-refractivity contribution >= 4 is 29.5 Å². The van der Waals surface area contributed by atoms with Crippen LogP contribution in [-0.4, -0.2) is 44.1 Å². The van der Waals surface area contributed by atoms with Crippen LogP contribution in [0.25, 0.3) is 6.08 Å². The van der Waals surface area contributed by atoms with Gasteiger partial charge in [0.25, 0.3) is 11.8 Å². The average molecular weight is 398 g/mol. The second-order valence-electron chi connectivity index (χ2n) is 6.19. The average Bonchev–Trinajstić information content (AvgIpc) is 2.75. The Bertz CT molecular complexity index is 942. The van der Waals surface area contributed by atoms with Crippen LogP contribution in [0.15, 0.2) is 54.6 Å². The van der Waals surface area contributed by atoms with Crippen LogP contribution in [0.1, 0.15) is 5.56 Å². The first-order chi connectivity index (χ1) is 14.0. The summed E-state index contributed by atoms with van der Waals surface area (Å²) >= 11 is 0. The number of nitrogens with zero attached hydrogens (tertiary/aromatic N) is 1. The van der Waals surface area contributed by atoms with Gasteiger partial charge in [-0.1, -0.05) is 24.3 Å². The summed E-state index contributed by atoms with van der Waals surface area (Å²) in [5.74, 6) is -1.55. The number of amides is 2. The van der Waals surface area contributed by atoms with E-state index in [2.05, 4.69) is 5.32 Å². The number of ether oxygens (including phenoxy) is 2. The zero-order valence-corrected chi connectivity index (χ0v) is 15.6. The van der Waals surface area contributed by atoms with Crippen LogP contribution in [0.3, 0.4) is 0 Å². The summed E-state index contributed by atoms with van der Waals surface area (Å²) in [5, 5.41) is 2.49. The first-order valence-corrected chi connectivity index (χ1v) is 8.86. The number of esters is 1. The van der Waals surface area contributed by atoms with Crippen molar-refractivity contribution in [3.05, 3.63) is 66.0 Å². The van der Waals surface area contributed by atoms with E-state index in [4.69, 9.17) is 9.47 Å². The molecule has 1 unspecified atom stereocenters. The molecule has 2 aromatic carbocycles. The van der Waals surface area contributed by atoms with E-state index >= 15 is 0 Å². The van der Waals surface area contributed by atoms with Gasteiger partial charge in [-0.25, -0.2) is 9.18 Å². The van der Waals surface area contributed by atoms with E-state index in [1.54, 1.807) is 24.3 Å². The number of likely N-dealkylation sites (N-methyl/N-ethyl adjacent to an activating group) is 1. The maximum atomic E-state index is 12.9. The highest BCUT2D eigenvalue weighted by Gasteiger charge is 2.33. The highest BCUT2D eigenvalue weighted by molar-refractivity contribution is 5.99. The lowest BCUT2D eigenvalue weighted by atomic mass is 10.1. The molecule has 3 rings (SSSR count). The Morgan fingerprint density at radius 3 is 2.66 bits per heavy atom. The summed E-state index contributed by atoms with van der Waals surface area (Å²) in [6, 6.07) is 12.4. The van der Waals surface area contributed by atoms with Crippen LogP contribution < -0.4 is 15.0 Å². The molecule has 0 radical (unpaired) electrons. The summed E-state index contributed by atoms with van der Waals surface area (Å²) in [7, 11) is 1.48. The predicted molar refractivity (Wildman–Crippen MR) is 104 cm³/mol. The smallest absolute Gasteiger partial charge is 0.331 e. The number of hydrogen-bond acceptors (Lipinski definition) is 5. The second-order valence-corrected chi connectivity index (χ2v) is 6.19. The van der Waals surface area contributed by atoms with Crippen LogP contribution in [0.5, 0.6) is 5.75 Å². The Hall–Kier alpha value is -3.68. The molecule has 1 heterocycles. The zero-order chi connectivity index (χ0) is 20.8. The molecule has 0 bridgehead atoms. The summed E-state index contributed by atoms with van der Waals surface area (Å²) < 4.78 is 23.5. The fraction of sp³-hybridized carbons (Fsp3) is 0.190. The maximum Gasteiger partial charge on any atom is 0.331 e. The largest absolute Gasteiger partial charge is 0.477 e. The quantitative estimate of drug-likeness (QED) is 0.615. The van der Waals surface area contributed by atoms with Crippen molar-refractivity contribution < 1.29 is 28.2 Å². The molecule has 2 amide bonds. The van der Waals surface area contributed by atoms with Gasteiger partial charge in [0.15, 0.2) is 12.7 Å². The number of fused-ring (bicyclic) bond motifs is 1. The van der Waals surface area contributed by atoms with Gasteiger partial charge in [0.2, 0.25) is 0 Å². The Balaban J connectivity index is 1.64. The number of hydrogen-bond donors (Lipinski definition) is 1. The Labute approximate surface area is 166 Å². The van der Waals surface area contributed by atoms with Crippen molar-refractivity contribution in [2.24, 2.45) is 0 Å². The fourth-order valence-electron chi connectivity index (χ4n) is 2.77. The Morgan fingerprint density at radius 2 is 1.93 bits per heavy atom. The lowest BCUT2D eigenvalue weighted by molar-refractivity contribution is -0.143. The van der Waals surface area contributed by atoms with E-state index in [-0.39, 0.29) is 18.3 Å². The fourth-order valence-corrected chi connectivity index (χ4v) is 2.77.